The number of rotatable bonds is 5. The molecule has 1 N–H and O–H groups in total. The molecule has 3 fully saturated rings. The number of halogens is 1. The zero-order valence-corrected chi connectivity index (χ0v) is 21.8. The predicted molar refractivity (Wildman–Crippen MR) is 141 cm³/mol. The first-order valence-electron chi connectivity index (χ1n) is 12.8. The third-order valence-corrected chi connectivity index (χ3v) is 8.00. The summed E-state index contributed by atoms with van der Waals surface area (Å²) in [7, 11) is 0. The van der Waals surface area contributed by atoms with Crippen LogP contribution in [0.4, 0.5) is 5.82 Å². The summed E-state index contributed by atoms with van der Waals surface area (Å²) in [5, 5.41) is 10.0. The molecule has 3 aliphatic rings. The van der Waals surface area contributed by atoms with E-state index in [4.69, 9.17) is 30.8 Å². The van der Waals surface area contributed by atoms with E-state index in [1.54, 1.807) is 6.33 Å². The van der Waals surface area contributed by atoms with Gasteiger partial charge in [-0.1, -0.05) is 60.7 Å². The van der Waals surface area contributed by atoms with E-state index >= 15 is 0 Å². The van der Waals surface area contributed by atoms with Gasteiger partial charge in [0.25, 0.3) is 0 Å². The Morgan fingerprint density at radius 1 is 0.947 bits per heavy atom. The molecule has 0 unspecified atom stereocenters. The smallest absolute Gasteiger partial charge is 0.226 e. The summed E-state index contributed by atoms with van der Waals surface area (Å²) in [6.45, 7) is 4.97. The molecule has 0 amide bonds. The summed E-state index contributed by atoms with van der Waals surface area (Å²) in [6.07, 6.45) is -0.247. The minimum Gasteiger partial charge on any atom is -0.394 e. The van der Waals surface area contributed by atoms with Gasteiger partial charge in [0, 0.05) is 13.1 Å². The summed E-state index contributed by atoms with van der Waals surface area (Å²) < 4.78 is 20.2. The molecule has 10 heteroatoms. The van der Waals surface area contributed by atoms with Crippen LogP contribution in [0.2, 0.25) is 5.28 Å². The molecule has 196 valence electrons. The fraction of sp³-hybridized carbons (Fsp3) is 0.393. The molecular weight excluding hydrogens is 506 g/mol. The first kappa shape index (κ1) is 24.0. The van der Waals surface area contributed by atoms with Crippen LogP contribution in [0.1, 0.15) is 31.2 Å². The lowest BCUT2D eigenvalue weighted by molar-refractivity contribution is -0.199. The van der Waals surface area contributed by atoms with Crippen molar-refractivity contribution in [3.05, 3.63) is 83.4 Å². The average molecular weight is 534 g/mol. The van der Waals surface area contributed by atoms with E-state index in [0.29, 0.717) is 17.0 Å². The maximum atomic E-state index is 9.91. The third-order valence-electron chi connectivity index (χ3n) is 7.83. The Bertz CT molecular complexity index is 1430. The van der Waals surface area contributed by atoms with Crippen molar-refractivity contribution >= 4 is 28.6 Å². The minimum atomic E-state index is -0.783. The summed E-state index contributed by atoms with van der Waals surface area (Å²) >= 11 is 6.48. The van der Waals surface area contributed by atoms with Gasteiger partial charge in [0.05, 0.1) is 18.3 Å². The molecule has 0 spiro atoms. The number of aliphatic hydroxyl groups excluding tert-OH is 1. The van der Waals surface area contributed by atoms with Gasteiger partial charge in [0.1, 0.15) is 18.3 Å². The van der Waals surface area contributed by atoms with E-state index in [2.05, 4.69) is 63.4 Å². The standard InChI is InChI=1S/C28H28ClN5O4/c1-27(2)37-21-19(13-35)36-25(22(21)38-27)34-16-30-20-23(31-26(29)32-24(20)34)33-14-28(15-33,17-9-5-3-6-10-17)18-11-7-4-8-12-18/h3-12,16,19,21-22,25,35H,13-15H2,1-2H3/t19-,21-,22-,25-/m1/s1. The highest BCUT2D eigenvalue weighted by Crippen LogP contribution is 2.46. The molecular formula is C28H28ClN5O4. The molecule has 38 heavy (non-hydrogen) atoms. The molecule has 0 bridgehead atoms. The molecule has 4 atom stereocenters. The molecule has 5 heterocycles. The fourth-order valence-corrected chi connectivity index (χ4v) is 6.27. The lowest BCUT2D eigenvalue weighted by Gasteiger charge is -2.51. The molecule has 9 nitrogen and oxygen atoms in total. The van der Waals surface area contributed by atoms with Crippen LogP contribution in [0.15, 0.2) is 67.0 Å². The topological polar surface area (TPSA) is 94.8 Å². The Hall–Kier alpha value is -3.08. The summed E-state index contributed by atoms with van der Waals surface area (Å²) in [6, 6.07) is 21.1. The Kier molecular flexibility index (Phi) is 5.51. The average Bonchev–Trinajstić information content (AvgIpc) is 3.55. The Morgan fingerprint density at radius 3 is 2.21 bits per heavy atom. The van der Waals surface area contributed by atoms with Crippen LogP contribution in [0.5, 0.6) is 0 Å². The number of aromatic nitrogens is 4. The number of anilines is 1. The van der Waals surface area contributed by atoms with Crippen LogP contribution >= 0.6 is 11.6 Å². The Balaban J connectivity index is 1.25. The van der Waals surface area contributed by atoms with Crippen LogP contribution in [-0.2, 0) is 19.6 Å². The first-order chi connectivity index (χ1) is 18.4. The van der Waals surface area contributed by atoms with E-state index in [1.165, 1.54) is 11.1 Å². The van der Waals surface area contributed by atoms with Crippen molar-refractivity contribution in [1.29, 1.82) is 0 Å². The van der Waals surface area contributed by atoms with E-state index in [9.17, 15) is 5.11 Å². The van der Waals surface area contributed by atoms with Crippen LogP contribution < -0.4 is 4.90 Å². The first-order valence-corrected chi connectivity index (χ1v) is 13.1. The quantitative estimate of drug-likeness (QED) is 0.388. The number of nitrogens with zero attached hydrogens (tertiary/aromatic N) is 5. The second-order valence-electron chi connectivity index (χ2n) is 10.6. The van der Waals surface area contributed by atoms with Gasteiger partial charge in [0.2, 0.25) is 5.28 Å². The van der Waals surface area contributed by atoms with Crippen molar-refractivity contribution in [3.8, 4) is 0 Å². The number of aliphatic hydroxyl groups is 1. The van der Waals surface area contributed by atoms with Crippen LogP contribution in [0, 0.1) is 0 Å². The molecule has 0 saturated carbocycles. The van der Waals surface area contributed by atoms with Crippen LogP contribution in [0.25, 0.3) is 11.2 Å². The minimum absolute atomic E-state index is 0.128. The Labute approximate surface area is 225 Å². The molecule has 4 aromatic rings. The third kappa shape index (κ3) is 3.65. The molecule has 2 aromatic carbocycles. The van der Waals surface area contributed by atoms with E-state index < -0.39 is 30.3 Å². The van der Waals surface area contributed by atoms with Crippen molar-refractivity contribution in [2.45, 2.75) is 49.6 Å². The van der Waals surface area contributed by atoms with Gasteiger partial charge in [-0.05, 0) is 36.6 Å². The van der Waals surface area contributed by atoms with Crippen molar-refractivity contribution in [2.75, 3.05) is 24.6 Å². The SMILES string of the molecule is CC1(C)O[C@@H]2[C@H](O1)[C@@H](CO)O[C@H]2n1cnc2c(N3CC(c4ccccc4)(c4ccccc4)C3)nc(Cl)nc21. The predicted octanol–water partition coefficient (Wildman–Crippen LogP) is 3.70. The molecule has 3 aliphatic heterocycles. The van der Waals surface area contributed by atoms with Crippen molar-refractivity contribution in [3.63, 3.8) is 0 Å². The van der Waals surface area contributed by atoms with Crippen molar-refractivity contribution in [2.24, 2.45) is 0 Å². The van der Waals surface area contributed by atoms with Gasteiger partial charge in [-0.25, -0.2) is 4.98 Å². The lowest BCUT2D eigenvalue weighted by Crippen LogP contribution is -2.60. The molecule has 3 saturated heterocycles. The summed E-state index contributed by atoms with van der Waals surface area (Å²) in [5.74, 6) is -0.104. The monoisotopic (exact) mass is 533 g/mol. The maximum Gasteiger partial charge on any atom is 0.226 e. The lowest BCUT2D eigenvalue weighted by atomic mass is 9.68. The van der Waals surface area contributed by atoms with Gasteiger partial charge < -0.3 is 24.2 Å². The number of fused-ring (bicyclic) bond motifs is 2. The van der Waals surface area contributed by atoms with Gasteiger partial charge in [-0.2, -0.15) is 9.97 Å². The van der Waals surface area contributed by atoms with Gasteiger partial charge in [-0.3, -0.25) is 4.57 Å². The van der Waals surface area contributed by atoms with E-state index in [1.807, 2.05) is 30.5 Å². The van der Waals surface area contributed by atoms with Gasteiger partial charge in [-0.15, -0.1) is 0 Å². The van der Waals surface area contributed by atoms with Crippen molar-refractivity contribution < 1.29 is 19.3 Å². The van der Waals surface area contributed by atoms with Gasteiger partial charge >= 0.3 is 0 Å². The number of ether oxygens (including phenoxy) is 3. The van der Waals surface area contributed by atoms with Crippen LogP contribution in [-0.4, -0.2) is 68.4 Å². The highest BCUT2D eigenvalue weighted by molar-refractivity contribution is 6.28. The van der Waals surface area contributed by atoms with Crippen molar-refractivity contribution in [1.82, 2.24) is 19.5 Å². The highest BCUT2D eigenvalue weighted by atomic mass is 35.5. The number of hydrogen-bond acceptors (Lipinski definition) is 8. The highest BCUT2D eigenvalue weighted by Gasteiger charge is 2.56. The largest absolute Gasteiger partial charge is 0.394 e. The number of benzene rings is 2. The number of hydrogen-bond donors (Lipinski definition) is 1. The van der Waals surface area contributed by atoms with Gasteiger partial charge in [0.15, 0.2) is 29.0 Å². The zero-order chi connectivity index (χ0) is 26.1. The Morgan fingerprint density at radius 2 is 1.58 bits per heavy atom. The zero-order valence-electron chi connectivity index (χ0n) is 21.1. The molecule has 2 aromatic heterocycles. The summed E-state index contributed by atoms with van der Waals surface area (Å²) in [4.78, 5) is 16.0. The summed E-state index contributed by atoms with van der Waals surface area (Å²) in [5.41, 5.74) is 3.52. The van der Waals surface area contributed by atoms with E-state index in [-0.39, 0.29) is 17.3 Å². The molecule has 0 aliphatic carbocycles. The molecule has 7 rings (SSSR count). The molecule has 0 radical (unpaired) electrons. The maximum absolute atomic E-state index is 9.91. The second-order valence-corrected chi connectivity index (χ2v) is 11.0. The fourth-order valence-electron chi connectivity index (χ4n) is 6.11. The normalized spacial score (nSPS) is 27.4. The van der Waals surface area contributed by atoms with Crippen LogP contribution in [0.3, 0.4) is 0 Å². The van der Waals surface area contributed by atoms with E-state index in [0.717, 1.165) is 13.1 Å². The second kappa shape index (κ2) is 8.72. The number of imidazole rings is 1.